The first-order valence-corrected chi connectivity index (χ1v) is 11.0. The zero-order valence-corrected chi connectivity index (χ0v) is 17.5. The molecule has 0 radical (unpaired) electrons. The van der Waals surface area contributed by atoms with Gasteiger partial charge in [-0.05, 0) is 38.2 Å². The number of hydrogen-bond acceptors (Lipinski definition) is 5. The quantitative estimate of drug-likeness (QED) is 0.742. The Labute approximate surface area is 177 Å². The summed E-state index contributed by atoms with van der Waals surface area (Å²) in [5, 5.41) is 10.8. The SMILES string of the molecule is CCOC(=O)[C@H]1[C@@H](O)C(=O)N(Cc2ccccc2)C12CCN(C(=O)C1CCC1)CC2. The van der Waals surface area contributed by atoms with E-state index in [1.165, 1.54) is 0 Å². The lowest BCUT2D eigenvalue weighted by Gasteiger charge is -2.47. The molecule has 2 aliphatic heterocycles. The Morgan fingerprint density at radius 2 is 1.83 bits per heavy atom. The highest BCUT2D eigenvalue weighted by molar-refractivity contribution is 5.93. The lowest BCUT2D eigenvalue weighted by atomic mass is 9.75. The molecule has 0 aromatic heterocycles. The van der Waals surface area contributed by atoms with E-state index >= 15 is 0 Å². The summed E-state index contributed by atoms with van der Waals surface area (Å²) in [5.41, 5.74) is 0.101. The van der Waals surface area contributed by atoms with E-state index in [0.29, 0.717) is 32.5 Å². The number of esters is 1. The van der Waals surface area contributed by atoms with Crippen LogP contribution in [0.3, 0.4) is 0 Å². The number of hydrogen-bond donors (Lipinski definition) is 1. The van der Waals surface area contributed by atoms with Crippen molar-refractivity contribution in [3.05, 3.63) is 35.9 Å². The van der Waals surface area contributed by atoms with Crippen LogP contribution in [0.25, 0.3) is 0 Å². The van der Waals surface area contributed by atoms with Crippen LogP contribution in [0.5, 0.6) is 0 Å². The van der Waals surface area contributed by atoms with E-state index in [1.54, 1.807) is 11.8 Å². The molecule has 7 nitrogen and oxygen atoms in total. The summed E-state index contributed by atoms with van der Waals surface area (Å²) in [7, 11) is 0. The van der Waals surface area contributed by atoms with Crippen molar-refractivity contribution >= 4 is 17.8 Å². The number of aliphatic hydroxyl groups is 1. The van der Waals surface area contributed by atoms with E-state index in [9.17, 15) is 19.5 Å². The molecular weight excluding hydrogens is 384 g/mol. The second-order valence-corrected chi connectivity index (χ2v) is 8.64. The molecule has 2 saturated heterocycles. The largest absolute Gasteiger partial charge is 0.466 e. The third kappa shape index (κ3) is 3.49. The maximum absolute atomic E-state index is 13.1. The first-order valence-electron chi connectivity index (χ1n) is 11.0. The van der Waals surface area contributed by atoms with Gasteiger partial charge in [0.05, 0.1) is 12.1 Å². The molecule has 1 saturated carbocycles. The van der Waals surface area contributed by atoms with Crippen molar-refractivity contribution < 1.29 is 24.2 Å². The lowest BCUT2D eigenvalue weighted by Crippen LogP contribution is -2.59. The summed E-state index contributed by atoms with van der Waals surface area (Å²) in [6.07, 6.45) is 2.51. The maximum Gasteiger partial charge on any atom is 0.314 e. The van der Waals surface area contributed by atoms with E-state index < -0.39 is 29.4 Å². The summed E-state index contributed by atoms with van der Waals surface area (Å²) in [4.78, 5) is 42.1. The first-order chi connectivity index (χ1) is 14.5. The highest BCUT2D eigenvalue weighted by Gasteiger charge is 2.62. The fourth-order valence-corrected chi connectivity index (χ4v) is 5.17. The van der Waals surface area contributed by atoms with Crippen LogP contribution >= 0.6 is 0 Å². The fraction of sp³-hybridized carbons (Fsp3) is 0.609. The van der Waals surface area contributed by atoms with Gasteiger partial charge in [-0.3, -0.25) is 14.4 Å². The van der Waals surface area contributed by atoms with Gasteiger partial charge in [0.1, 0.15) is 12.0 Å². The zero-order valence-electron chi connectivity index (χ0n) is 17.5. The Kier molecular flexibility index (Phi) is 5.82. The summed E-state index contributed by atoms with van der Waals surface area (Å²) < 4.78 is 5.25. The van der Waals surface area contributed by atoms with E-state index in [4.69, 9.17) is 4.74 Å². The maximum atomic E-state index is 13.1. The number of nitrogens with zero attached hydrogens (tertiary/aromatic N) is 2. The Morgan fingerprint density at radius 1 is 1.17 bits per heavy atom. The number of likely N-dealkylation sites (tertiary alicyclic amines) is 2. The molecule has 2 amide bonds. The third-order valence-corrected chi connectivity index (χ3v) is 7.07. The minimum atomic E-state index is -1.42. The van der Waals surface area contributed by atoms with Gasteiger partial charge in [0.2, 0.25) is 5.91 Å². The number of ether oxygens (including phenoxy) is 1. The first kappa shape index (κ1) is 20.8. The lowest BCUT2D eigenvalue weighted by molar-refractivity contribution is -0.157. The van der Waals surface area contributed by atoms with Crippen molar-refractivity contribution in [2.45, 2.75) is 57.2 Å². The average molecular weight is 415 g/mol. The molecule has 3 aliphatic rings. The van der Waals surface area contributed by atoms with Crippen LogP contribution in [0.15, 0.2) is 30.3 Å². The molecule has 2 atom stereocenters. The van der Waals surface area contributed by atoms with E-state index in [0.717, 1.165) is 24.8 Å². The Hall–Kier alpha value is -2.41. The zero-order chi connectivity index (χ0) is 21.3. The molecule has 0 bridgehead atoms. The van der Waals surface area contributed by atoms with E-state index in [2.05, 4.69) is 0 Å². The van der Waals surface area contributed by atoms with Gasteiger partial charge >= 0.3 is 5.97 Å². The van der Waals surface area contributed by atoms with Gasteiger partial charge in [-0.1, -0.05) is 36.8 Å². The predicted octanol–water partition coefficient (Wildman–Crippen LogP) is 1.73. The number of amides is 2. The molecule has 3 fully saturated rings. The summed E-state index contributed by atoms with van der Waals surface area (Å²) in [5.74, 6) is -1.60. The molecule has 0 unspecified atom stereocenters. The molecular formula is C23H30N2O5. The third-order valence-electron chi connectivity index (χ3n) is 7.07. The van der Waals surface area contributed by atoms with Crippen LogP contribution in [-0.4, -0.2) is 64.0 Å². The summed E-state index contributed by atoms with van der Waals surface area (Å²) in [6, 6.07) is 9.58. The van der Waals surface area contributed by atoms with Crippen LogP contribution in [0.4, 0.5) is 0 Å². The van der Waals surface area contributed by atoms with Crippen molar-refractivity contribution in [2.24, 2.45) is 11.8 Å². The fourth-order valence-electron chi connectivity index (χ4n) is 5.17. The van der Waals surface area contributed by atoms with Crippen molar-refractivity contribution in [1.29, 1.82) is 0 Å². The Bertz CT molecular complexity index is 799. The van der Waals surface area contributed by atoms with Gasteiger partial charge in [-0.2, -0.15) is 0 Å². The predicted molar refractivity (Wildman–Crippen MR) is 109 cm³/mol. The molecule has 2 heterocycles. The minimum absolute atomic E-state index is 0.121. The molecule has 1 spiro atoms. The molecule has 1 aromatic carbocycles. The average Bonchev–Trinajstić information content (AvgIpc) is 2.89. The second kappa shape index (κ2) is 8.38. The highest BCUT2D eigenvalue weighted by Crippen LogP contribution is 2.45. The molecule has 30 heavy (non-hydrogen) atoms. The van der Waals surface area contributed by atoms with Crippen molar-refractivity contribution in [1.82, 2.24) is 9.80 Å². The summed E-state index contributed by atoms with van der Waals surface area (Å²) >= 11 is 0. The normalized spacial score (nSPS) is 26.0. The number of aliphatic hydroxyl groups excluding tert-OH is 1. The Balaban J connectivity index is 1.61. The van der Waals surface area contributed by atoms with Gasteiger partial charge in [-0.15, -0.1) is 0 Å². The minimum Gasteiger partial charge on any atom is -0.466 e. The van der Waals surface area contributed by atoms with Crippen molar-refractivity contribution in [3.8, 4) is 0 Å². The number of piperidine rings is 1. The van der Waals surface area contributed by atoms with Crippen LogP contribution in [0, 0.1) is 11.8 Å². The van der Waals surface area contributed by atoms with E-state index in [1.807, 2.05) is 35.2 Å². The smallest absolute Gasteiger partial charge is 0.314 e. The standard InChI is InChI=1S/C23H30N2O5/c1-2-30-22(29)18-19(26)21(28)25(15-16-7-4-3-5-8-16)23(18)11-13-24(14-12-23)20(27)17-9-6-10-17/h3-5,7-8,17-19,26H,2,6,9-15H2,1H3/t18-,19-/m1/s1. The molecule has 1 aromatic rings. The van der Waals surface area contributed by atoms with Crippen LogP contribution in [0.2, 0.25) is 0 Å². The van der Waals surface area contributed by atoms with Crippen LogP contribution in [0.1, 0.15) is 44.6 Å². The van der Waals surface area contributed by atoms with Gasteiger partial charge in [0.15, 0.2) is 0 Å². The molecule has 1 N–H and O–H groups in total. The molecule has 162 valence electrons. The second-order valence-electron chi connectivity index (χ2n) is 8.64. The number of carbonyl (C=O) groups is 3. The number of carbonyl (C=O) groups excluding carboxylic acids is 3. The van der Waals surface area contributed by atoms with Crippen molar-refractivity contribution in [2.75, 3.05) is 19.7 Å². The topological polar surface area (TPSA) is 87.2 Å². The summed E-state index contributed by atoms with van der Waals surface area (Å²) in [6.45, 7) is 3.20. The molecule has 4 rings (SSSR count). The van der Waals surface area contributed by atoms with Crippen LogP contribution < -0.4 is 0 Å². The monoisotopic (exact) mass is 414 g/mol. The van der Waals surface area contributed by atoms with Gasteiger partial charge < -0.3 is 19.6 Å². The van der Waals surface area contributed by atoms with Gasteiger partial charge in [0, 0.05) is 25.6 Å². The molecule has 1 aliphatic carbocycles. The van der Waals surface area contributed by atoms with Gasteiger partial charge in [-0.25, -0.2) is 0 Å². The Morgan fingerprint density at radius 3 is 2.40 bits per heavy atom. The number of rotatable bonds is 5. The molecule has 7 heteroatoms. The van der Waals surface area contributed by atoms with E-state index in [-0.39, 0.29) is 18.4 Å². The highest BCUT2D eigenvalue weighted by atomic mass is 16.5. The number of benzene rings is 1. The van der Waals surface area contributed by atoms with Crippen LogP contribution in [-0.2, 0) is 25.7 Å². The van der Waals surface area contributed by atoms with Crippen molar-refractivity contribution in [3.63, 3.8) is 0 Å². The van der Waals surface area contributed by atoms with Gasteiger partial charge in [0.25, 0.3) is 5.91 Å².